The van der Waals surface area contributed by atoms with Crippen molar-refractivity contribution in [1.82, 2.24) is 5.32 Å². The summed E-state index contributed by atoms with van der Waals surface area (Å²) in [6, 6.07) is 13.9. The smallest absolute Gasteiger partial charge is 0.261 e. The van der Waals surface area contributed by atoms with Crippen LogP contribution >= 0.6 is 0 Å². The molecule has 0 aromatic heterocycles. The molecule has 26 heavy (non-hydrogen) atoms. The number of rotatable bonds is 9. The fraction of sp³-hybridized carbons (Fsp3) is 0.409. The van der Waals surface area contributed by atoms with Gasteiger partial charge in [0.25, 0.3) is 5.91 Å². The third-order valence-corrected chi connectivity index (χ3v) is 4.60. The lowest BCUT2D eigenvalue weighted by molar-refractivity contribution is -0.128. The van der Waals surface area contributed by atoms with Crippen molar-refractivity contribution in [2.45, 2.75) is 46.1 Å². The van der Waals surface area contributed by atoms with Crippen LogP contribution in [0.2, 0.25) is 0 Å². The molecule has 1 N–H and O–H groups in total. The fourth-order valence-electron chi connectivity index (χ4n) is 2.84. The first-order chi connectivity index (χ1) is 12.6. The lowest BCUT2D eigenvalue weighted by atomic mass is 10.1. The summed E-state index contributed by atoms with van der Waals surface area (Å²) in [7, 11) is 1.68. The monoisotopic (exact) mass is 355 g/mol. The maximum atomic E-state index is 12.4. The van der Waals surface area contributed by atoms with Crippen LogP contribution in [0.15, 0.2) is 42.5 Å². The summed E-state index contributed by atoms with van der Waals surface area (Å²) >= 11 is 0. The molecule has 2 aromatic rings. The largest absolute Gasteiger partial charge is 0.496 e. The van der Waals surface area contributed by atoms with E-state index in [1.807, 2.05) is 57.2 Å². The Hall–Kier alpha value is -2.49. The van der Waals surface area contributed by atoms with Gasteiger partial charge in [0.1, 0.15) is 11.5 Å². The maximum Gasteiger partial charge on any atom is 0.261 e. The fourth-order valence-corrected chi connectivity index (χ4v) is 2.84. The molecule has 0 heterocycles. The minimum absolute atomic E-state index is 0.0616. The number of carbonyl (C=O) groups is 1. The van der Waals surface area contributed by atoms with Gasteiger partial charge in [0, 0.05) is 6.54 Å². The molecule has 0 aliphatic rings. The van der Waals surface area contributed by atoms with E-state index in [1.165, 1.54) is 0 Å². The number of para-hydroxylation sites is 1. The summed E-state index contributed by atoms with van der Waals surface area (Å²) in [4.78, 5) is 12.4. The summed E-state index contributed by atoms with van der Waals surface area (Å²) in [5.41, 5.74) is 3.40. The van der Waals surface area contributed by atoms with Crippen molar-refractivity contribution in [2.75, 3.05) is 13.7 Å². The minimum Gasteiger partial charge on any atom is -0.496 e. The average Bonchev–Trinajstić information content (AvgIpc) is 2.66. The molecule has 2 aromatic carbocycles. The Balaban J connectivity index is 1.84. The number of methoxy groups -OCH3 is 1. The molecule has 4 heteroatoms. The van der Waals surface area contributed by atoms with Crippen LogP contribution in [-0.2, 0) is 11.2 Å². The molecule has 140 valence electrons. The number of ether oxygens (including phenoxy) is 2. The van der Waals surface area contributed by atoms with Crippen LogP contribution < -0.4 is 14.8 Å². The second kappa shape index (κ2) is 9.85. The highest BCUT2D eigenvalue weighted by Gasteiger charge is 2.19. The molecule has 0 saturated heterocycles. The van der Waals surface area contributed by atoms with Gasteiger partial charge in [-0.15, -0.1) is 0 Å². The lowest BCUT2D eigenvalue weighted by Gasteiger charge is -2.19. The predicted molar refractivity (Wildman–Crippen MR) is 105 cm³/mol. The molecular weight excluding hydrogens is 326 g/mol. The molecule has 0 bridgehead atoms. The van der Waals surface area contributed by atoms with Crippen molar-refractivity contribution < 1.29 is 14.3 Å². The molecule has 4 nitrogen and oxygen atoms in total. The van der Waals surface area contributed by atoms with Crippen LogP contribution in [-0.4, -0.2) is 25.7 Å². The molecule has 0 unspecified atom stereocenters. The van der Waals surface area contributed by atoms with Crippen LogP contribution in [0, 0.1) is 13.8 Å². The van der Waals surface area contributed by atoms with Gasteiger partial charge >= 0.3 is 0 Å². The number of hydrogen-bond acceptors (Lipinski definition) is 3. The SMILES string of the molecule is CC[C@@H](Oc1cccc(C)c1C)C(=O)NCCCc1ccccc1OC. The van der Waals surface area contributed by atoms with Gasteiger partial charge in [-0.05, 0) is 61.9 Å². The van der Waals surface area contributed by atoms with Gasteiger partial charge in [-0.25, -0.2) is 0 Å². The predicted octanol–water partition coefficient (Wildman–Crippen LogP) is 4.22. The molecule has 0 spiro atoms. The molecule has 2 rings (SSSR count). The number of amides is 1. The Morgan fingerprint density at radius 1 is 1.08 bits per heavy atom. The Bertz CT molecular complexity index is 727. The number of benzene rings is 2. The zero-order chi connectivity index (χ0) is 18.9. The quantitative estimate of drug-likeness (QED) is 0.685. The topological polar surface area (TPSA) is 47.6 Å². The summed E-state index contributed by atoms with van der Waals surface area (Å²) < 4.78 is 11.3. The van der Waals surface area contributed by atoms with Gasteiger partial charge in [-0.2, -0.15) is 0 Å². The summed E-state index contributed by atoms with van der Waals surface area (Å²) in [5, 5.41) is 2.99. The van der Waals surface area contributed by atoms with E-state index in [0.29, 0.717) is 13.0 Å². The molecule has 0 fully saturated rings. The average molecular weight is 355 g/mol. The highest BCUT2D eigenvalue weighted by atomic mass is 16.5. The zero-order valence-corrected chi connectivity index (χ0v) is 16.2. The first-order valence-electron chi connectivity index (χ1n) is 9.19. The van der Waals surface area contributed by atoms with E-state index in [0.717, 1.165) is 41.0 Å². The highest BCUT2D eigenvalue weighted by Crippen LogP contribution is 2.22. The van der Waals surface area contributed by atoms with E-state index < -0.39 is 6.10 Å². The normalized spacial score (nSPS) is 11.7. The van der Waals surface area contributed by atoms with Gasteiger partial charge < -0.3 is 14.8 Å². The molecule has 1 amide bonds. The third kappa shape index (κ3) is 5.25. The van der Waals surface area contributed by atoms with Crippen molar-refractivity contribution in [3.8, 4) is 11.5 Å². The second-order valence-electron chi connectivity index (χ2n) is 6.42. The minimum atomic E-state index is -0.471. The summed E-state index contributed by atoms with van der Waals surface area (Å²) in [6.07, 6.45) is 1.87. The van der Waals surface area contributed by atoms with Crippen LogP contribution in [0.5, 0.6) is 11.5 Å². The third-order valence-electron chi connectivity index (χ3n) is 4.60. The van der Waals surface area contributed by atoms with Crippen molar-refractivity contribution >= 4 is 5.91 Å². The number of nitrogens with one attached hydrogen (secondary N) is 1. The maximum absolute atomic E-state index is 12.4. The standard InChI is InChI=1S/C22H29NO3/c1-5-19(26-20-14-8-10-16(2)17(20)3)22(24)23-15-9-12-18-11-6-7-13-21(18)25-4/h6-8,10-11,13-14,19H,5,9,12,15H2,1-4H3,(H,23,24)/t19-/m1/s1. The lowest BCUT2D eigenvalue weighted by Crippen LogP contribution is -2.38. The van der Waals surface area contributed by atoms with Crippen molar-refractivity contribution in [3.63, 3.8) is 0 Å². The number of aryl methyl sites for hydroxylation is 2. The van der Waals surface area contributed by atoms with Gasteiger partial charge in [-0.1, -0.05) is 37.3 Å². The highest BCUT2D eigenvalue weighted by molar-refractivity contribution is 5.81. The van der Waals surface area contributed by atoms with E-state index in [4.69, 9.17) is 9.47 Å². The van der Waals surface area contributed by atoms with Crippen LogP contribution in [0.25, 0.3) is 0 Å². The number of carbonyl (C=O) groups excluding carboxylic acids is 1. The van der Waals surface area contributed by atoms with Crippen LogP contribution in [0.4, 0.5) is 0 Å². The first-order valence-corrected chi connectivity index (χ1v) is 9.19. The van der Waals surface area contributed by atoms with E-state index >= 15 is 0 Å². The van der Waals surface area contributed by atoms with Crippen molar-refractivity contribution in [2.24, 2.45) is 0 Å². The Morgan fingerprint density at radius 2 is 1.81 bits per heavy atom. The van der Waals surface area contributed by atoms with Gasteiger partial charge in [0.2, 0.25) is 0 Å². The van der Waals surface area contributed by atoms with E-state index in [1.54, 1.807) is 7.11 Å². The van der Waals surface area contributed by atoms with Crippen molar-refractivity contribution in [1.29, 1.82) is 0 Å². The van der Waals surface area contributed by atoms with Gasteiger partial charge in [0.15, 0.2) is 6.10 Å². The Labute approximate surface area is 156 Å². The van der Waals surface area contributed by atoms with E-state index in [-0.39, 0.29) is 5.91 Å². The molecular formula is C22H29NO3. The van der Waals surface area contributed by atoms with E-state index in [2.05, 4.69) is 11.4 Å². The molecule has 0 aliphatic heterocycles. The van der Waals surface area contributed by atoms with Gasteiger partial charge in [0.05, 0.1) is 7.11 Å². The van der Waals surface area contributed by atoms with E-state index in [9.17, 15) is 4.79 Å². The van der Waals surface area contributed by atoms with Crippen molar-refractivity contribution in [3.05, 3.63) is 59.2 Å². The summed E-state index contributed by atoms with van der Waals surface area (Å²) in [6.45, 7) is 6.64. The number of hydrogen-bond donors (Lipinski definition) is 1. The second-order valence-corrected chi connectivity index (χ2v) is 6.42. The first kappa shape index (κ1) is 19.8. The van der Waals surface area contributed by atoms with Gasteiger partial charge in [-0.3, -0.25) is 4.79 Å². The molecule has 1 atom stereocenters. The van der Waals surface area contributed by atoms with Crippen LogP contribution in [0.1, 0.15) is 36.5 Å². The van der Waals surface area contributed by atoms with Crippen LogP contribution in [0.3, 0.4) is 0 Å². The molecule has 0 aliphatic carbocycles. The Morgan fingerprint density at radius 3 is 2.54 bits per heavy atom. The molecule has 0 saturated carbocycles. The Kier molecular flexibility index (Phi) is 7.52. The zero-order valence-electron chi connectivity index (χ0n) is 16.2. The summed E-state index contributed by atoms with van der Waals surface area (Å²) in [5.74, 6) is 1.61. The molecule has 0 radical (unpaired) electrons.